The quantitative estimate of drug-likeness (QED) is 0.258. The Morgan fingerprint density at radius 2 is 0.679 bits per heavy atom. The van der Waals surface area contributed by atoms with Crippen molar-refractivity contribution >= 4 is 18.3 Å². The summed E-state index contributed by atoms with van der Waals surface area (Å²) in [5.74, 6) is 0. The summed E-state index contributed by atoms with van der Waals surface area (Å²) in [5.41, 5.74) is 0. The van der Waals surface area contributed by atoms with Crippen molar-refractivity contribution in [1.29, 1.82) is 0 Å². The van der Waals surface area contributed by atoms with Crippen LogP contribution in [0.15, 0.2) is 0 Å². The van der Waals surface area contributed by atoms with E-state index in [1.54, 1.807) is 0 Å². The third-order valence-corrected chi connectivity index (χ3v) is 4.16. The number of rotatable bonds is 0. The van der Waals surface area contributed by atoms with Crippen LogP contribution in [0.4, 0.5) is 14.4 Å². The molecule has 3 fully saturated rings. The van der Waals surface area contributed by atoms with Crippen LogP contribution < -0.4 is 22.1 Å². The van der Waals surface area contributed by atoms with Crippen molar-refractivity contribution in [2.75, 3.05) is 78.5 Å². The third kappa shape index (κ3) is 10.7. The first-order valence-corrected chi connectivity index (χ1v) is 8.97. The summed E-state index contributed by atoms with van der Waals surface area (Å²) >= 11 is 0. The normalized spacial score (nSPS) is 19.1. The van der Waals surface area contributed by atoms with E-state index in [9.17, 15) is 14.4 Å². The fourth-order valence-electron chi connectivity index (χ4n) is 2.57. The molecule has 164 valence electrons. The molecule has 0 spiro atoms. The van der Waals surface area contributed by atoms with Gasteiger partial charge in [-0.1, -0.05) is 0 Å². The SMILES string of the molecule is N.O=C(O)N1CCNCC1.O=C(O)N1CCNCC1.O=C(O)N1CCNCC1. The molecule has 0 radical (unpaired) electrons. The van der Waals surface area contributed by atoms with Crippen LogP contribution in [0.1, 0.15) is 0 Å². The van der Waals surface area contributed by atoms with E-state index in [4.69, 9.17) is 15.3 Å². The fourth-order valence-corrected chi connectivity index (χ4v) is 2.57. The molecule has 28 heavy (non-hydrogen) atoms. The molecule has 0 bridgehead atoms. The van der Waals surface area contributed by atoms with Crippen LogP contribution in [0.25, 0.3) is 0 Å². The van der Waals surface area contributed by atoms with Gasteiger partial charge in [-0.2, -0.15) is 0 Å². The van der Waals surface area contributed by atoms with E-state index >= 15 is 0 Å². The van der Waals surface area contributed by atoms with E-state index in [0.717, 1.165) is 39.3 Å². The van der Waals surface area contributed by atoms with Crippen LogP contribution in [0.5, 0.6) is 0 Å². The van der Waals surface area contributed by atoms with Gasteiger partial charge in [0.25, 0.3) is 0 Å². The van der Waals surface area contributed by atoms with E-state index < -0.39 is 18.3 Å². The zero-order valence-corrected chi connectivity index (χ0v) is 16.1. The highest BCUT2D eigenvalue weighted by Gasteiger charge is 2.14. The molecule has 0 aromatic carbocycles. The molecular formula is C15H33N7O6. The van der Waals surface area contributed by atoms with Crippen molar-refractivity contribution in [1.82, 2.24) is 36.8 Å². The number of nitrogens with one attached hydrogen (secondary N) is 3. The second-order valence-corrected chi connectivity index (χ2v) is 6.06. The highest BCUT2D eigenvalue weighted by Crippen LogP contribution is 1.92. The number of hydrogen-bond donors (Lipinski definition) is 7. The predicted octanol–water partition coefficient (Wildman–Crippen LogP) is -1.13. The van der Waals surface area contributed by atoms with Crippen LogP contribution in [0, 0.1) is 0 Å². The van der Waals surface area contributed by atoms with Crippen molar-refractivity contribution < 1.29 is 29.7 Å². The Labute approximate surface area is 164 Å². The Bertz CT molecular complexity index is 397. The minimum absolute atomic E-state index is 0. The maximum Gasteiger partial charge on any atom is 0.407 e. The summed E-state index contributed by atoms with van der Waals surface area (Å²) in [4.78, 5) is 35.0. The maximum atomic E-state index is 10.3. The van der Waals surface area contributed by atoms with Crippen LogP contribution in [0.2, 0.25) is 0 Å². The van der Waals surface area contributed by atoms with Gasteiger partial charge in [-0.15, -0.1) is 0 Å². The number of carboxylic acid groups (broad SMARTS) is 3. The van der Waals surface area contributed by atoms with Gasteiger partial charge in [0.2, 0.25) is 0 Å². The molecule has 0 aliphatic carbocycles. The Morgan fingerprint density at radius 1 is 0.500 bits per heavy atom. The molecule has 3 aliphatic rings. The van der Waals surface area contributed by atoms with E-state index in [1.807, 2.05) is 0 Å². The zero-order chi connectivity index (χ0) is 20.1. The minimum atomic E-state index is -0.809. The first-order chi connectivity index (χ1) is 12.9. The van der Waals surface area contributed by atoms with Crippen LogP contribution >= 0.6 is 0 Å². The van der Waals surface area contributed by atoms with E-state index in [-0.39, 0.29) is 6.15 Å². The van der Waals surface area contributed by atoms with E-state index in [2.05, 4.69) is 16.0 Å². The minimum Gasteiger partial charge on any atom is -0.465 e. The van der Waals surface area contributed by atoms with Gasteiger partial charge in [0, 0.05) is 78.5 Å². The van der Waals surface area contributed by atoms with Crippen molar-refractivity contribution in [3.05, 3.63) is 0 Å². The fraction of sp³-hybridized carbons (Fsp3) is 0.800. The van der Waals surface area contributed by atoms with Gasteiger partial charge in [0.15, 0.2) is 0 Å². The Morgan fingerprint density at radius 3 is 0.786 bits per heavy atom. The van der Waals surface area contributed by atoms with Crippen molar-refractivity contribution in [3.63, 3.8) is 0 Å². The summed E-state index contributed by atoms with van der Waals surface area (Å²) in [5, 5.41) is 34.5. The molecule has 3 saturated heterocycles. The summed E-state index contributed by atoms with van der Waals surface area (Å²) in [7, 11) is 0. The number of amides is 3. The molecule has 13 heteroatoms. The Hall–Kier alpha value is -2.35. The van der Waals surface area contributed by atoms with Crippen LogP contribution in [0.3, 0.4) is 0 Å². The molecule has 3 heterocycles. The van der Waals surface area contributed by atoms with Gasteiger partial charge in [-0.25, -0.2) is 14.4 Å². The van der Waals surface area contributed by atoms with Gasteiger partial charge < -0.3 is 52.1 Å². The highest BCUT2D eigenvalue weighted by molar-refractivity contribution is 5.65. The van der Waals surface area contributed by atoms with Gasteiger partial charge in [0.1, 0.15) is 0 Å². The molecule has 3 aliphatic heterocycles. The number of hydrogen-bond acceptors (Lipinski definition) is 7. The van der Waals surface area contributed by atoms with Gasteiger partial charge >= 0.3 is 18.3 Å². The van der Waals surface area contributed by atoms with Crippen molar-refractivity contribution in [3.8, 4) is 0 Å². The first kappa shape index (κ1) is 25.6. The van der Waals surface area contributed by atoms with Gasteiger partial charge in [0.05, 0.1) is 0 Å². The average molecular weight is 407 g/mol. The predicted molar refractivity (Wildman–Crippen MR) is 102 cm³/mol. The summed E-state index contributed by atoms with van der Waals surface area (Å²) in [6.45, 7) is 8.43. The average Bonchev–Trinajstić information content (AvgIpc) is 2.71. The Kier molecular flexibility index (Phi) is 13.4. The largest absolute Gasteiger partial charge is 0.465 e. The number of nitrogens with zero attached hydrogens (tertiary/aromatic N) is 3. The Balaban J connectivity index is 0.000000384. The van der Waals surface area contributed by atoms with Crippen LogP contribution in [-0.4, -0.2) is 127 Å². The van der Waals surface area contributed by atoms with Gasteiger partial charge in [-0.05, 0) is 0 Å². The third-order valence-electron chi connectivity index (χ3n) is 4.16. The van der Waals surface area contributed by atoms with Crippen molar-refractivity contribution in [2.45, 2.75) is 0 Å². The molecule has 0 aromatic rings. The van der Waals surface area contributed by atoms with E-state index in [1.165, 1.54) is 14.7 Å². The lowest BCUT2D eigenvalue weighted by molar-refractivity contribution is 0.138. The molecule has 0 unspecified atom stereocenters. The van der Waals surface area contributed by atoms with Gasteiger partial charge in [-0.3, -0.25) is 0 Å². The highest BCUT2D eigenvalue weighted by atomic mass is 16.4. The van der Waals surface area contributed by atoms with Crippen LogP contribution in [-0.2, 0) is 0 Å². The summed E-state index contributed by atoms with van der Waals surface area (Å²) < 4.78 is 0. The number of carbonyl (C=O) groups is 3. The zero-order valence-electron chi connectivity index (χ0n) is 16.1. The lowest BCUT2D eigenvalue weighted by Crippen LogP contribution is -2.45. The standard InChI is InChI=1S/3C5H10N2O2.H3N/c3*8-5(9)7-3-1-6-2-4-7;/h3*6H,1-4H2,(H,8,9);1H3. The first-order valence-electron chi connectivity index (χ1n) is 8.97. The second kappa shape index (κ2) is 14.7. The molecule has 0 atom stereocenters. The number of piperazine rings is 3. The molecular weight excluding hydrogens is 374 g/mol. The molecule has 0 saturated carbocycles. The van der Waals surface area contributed by atoms with Crippen molar-refractivity contribution in [2.24, 2.45) is 0 Å². The van der Waals surface area contributed by atoms with E-state index in [0.29, 0.717) is 39.3 Å². The molecule has 3 rings (SSSR count). The molecule has 9 N–H and O–H groups in total. The second-order valence-electron chi connectivity index (χ2n) is 6.06. The molecule has 0 aromatic heterocycles. The maximum absolute atomic E-state index is 10.3. The topological polar surface area (TPSA) is 193 Å². The smallest absolute Gasteiger partial charge is 0.407 e. The lowest BCUT2D eigenvalue weighted by atomic mass is 10.4. The lowest BCUT2D eigenvalue weighted by Gasteiger charge is -2.23. The molecule has 13 nitrogen and oxygen atoms in total. The monoisotopic (exact) mass is 407 g/mol. The molecule has 3 amide bonds. The summed E-state index contributed by atoms with van der Waals surface area (Å²) in [6, 6.07) is 0. The summed E-state index contributed by atoms with van der Waals surface area (Å²) in [6.07, 6.45) is -2.43.